The van der Waals surface area contributed by atoms with Gasteiger partial charge in [0.15, 0.2) is 5.96 Å². The molecule has 0 aliphatic rings. The highest BCUT2D eigenvalue weighted by Gasteiger charge is 2.02. The van der Waals surface area contributed by atoms with Gasteiger partial charge >= 0.3 is 0 Å². The van der Waals surface area contributed by atoms with E-state index in [0.29, 0.717) is 12.4 Å². The van der Waals surface area contributed by atoms with Crippen LogP contribution in [-0.2, 0) is 4.79 Å². The smallest absolute Gasteiger partial charge is 0.227 e. The van der Waals surface area contributed by atoms with Crippen molar-refractivity contribution < 1.29 is 4.79 Å². The molecular weight excluding hydrogens is 405 g/mol. The zero-order chi connectivity index (χ0) is 15.8. The minimum Gasteiger partial charge on any atom is -0.370 e. The zero-order valence-electron chi connectivity index (χ0n) is 12.8. The van der Waals surface area contributed by atoms with Crippen LogP contribution in [0.4, 0.5) is 11.5 Å². The SMILES string of the molecule is Cc1ccc(NC(=O)CCN=C(N)Nc2ccccc2)nc1.I. The highest BCUT2D eigenvalue weighted by Crippen LogP contribution is 2.05. The van der Waals surface area contributed by atoms with Crippen LogP contribution in [0, 0.1) is 6.92 Å². The molecule has 1 amide bonds. The summed E-state index contributed by atoms with van der Waals surface area (Å²) in [5.74, 6) is 0.676. The van der Waals surface area contributed by atoms with Gasteiger partial charge < -0.3 is 16.4 Å². The lowest BCUT2D eigenvalue weighted by Gasteiger charge is -2.05. The third-order valence-corrected chi connectivity index (χ3v) is 2.85. The van der Waals surface area contributed by atoms with Gasteiger partial charge in [-0.25, -0.2) is 4.98 Å². The van der Waals surface area contributed by atoms with Gasteiger partial charge in [0.05, 0.1) is 6.54 Å². The van der Waals surface area contributed by atoms with E-state index in [2.05, 4.69) is 20.6 Å². The van der Waals surface area contributed by atoms with Crippen molar-refractivity contribution in [3.8, 4) is 0 Å². The van der Waals surface area contributed by atoms with Gasteiger partial charge in [0.25, 0.3) is 0 Å². The van der Waals surface area contributed by atoms with Gasteiger partial charge in [0.2, 0.25) is 5.91 Å². The quantitative estimate of drug-likeness (QED) is 0.390. The summed E-state index contributed by atoms with van der Waals surface area (Å²) >= 11 is 0. The predicted molar refractivity (Wildman–Crippen MR) is 104 cm³/mol. The highest BCUT2D eigenvalue weighted by atomic mass is 127. The Bertz CT molecular complexity index is 643. The summed E-state index contributed by atoms with van der Waals surface area (Å²) in [5, 5.41) is 5.67. The molecule has 0 bridgehead atoms. The van der Waals surface area contributed by atoms with Crippen molar-refractivity contribution in [2.24, 2.45) is 10.7 Å². The Morgan fingerprint density at radius 2 is 1.91 bits per heavy atom. The number of nitrogens with zero attached hydrogens (tertiary/aromatic N) is 2. The lowest BCUT2D eigenvalue weighted by molar-refractivity contribution is -0.116. The predicted octanol–water partition coefficient (Wildman–Crippen LogP) is 2.76. The number of pyridine rings is 1. The Hall–Kier alpha value is -2.16. The average Bonchev–Trinajstić information content (AvgIpc) is 2.50. The van der Waals surface area contributed by atoms with Crippen LogP contribution in [0.2, 0.25) is 0 Å². The number of anilines is 2. The number of carbonyl (C=O) groups is 1. The molecular formula is C16H20IN5O. The molecule has 0 spiro atoms. The Kier molecular flexibility index (Phi) is 8.03. The van der Waals surface area contributed by atoms with Crippen molar-refractivity contribution in [2.45, 2.75) is 13.3 Å². The lowest BCUT2D eigenvalue weighted by Crippen LogP contribution is -2.23. The number of para-hydroxylation sites is 1. The van der Waals surface area contributed by atoms with E-state index >= 15 is 0 Å². The number of benzene rings is 1. The molecule has 6 nitrogen and oxygen atoms in total. The highest BCUT2D eigenvalue weighted by molar-refractivity contribution is 14.0. The van der Waals surface area contributed by atoms with Crippen molar-refractivity contribution in [1.29, 1.82) is 0 Å². The van der Waals surface area contributed by atoms with Crippen LogP contribution in [0.25, 0.3) is 0 Å². The van der Waals surface area contributed by atoms with Crippen LogP contribution in [0.1, 0.15) is 12.0 Å². The van der Waals surface area contributed by atoms with E-state index in [-0.39, 0.29) is 42.3 Å². The normalized spacial score (nSPS) is 10.6. The van der Waals surface area contributed by atoms with E-state index in [4.69, 9.17) is 5.73 Å². The number of aliphatic imine (C=N–C) groups is 1. The molecule has 0 aliphatic heterocycles. The van der Waals surface area contributed by atoms with E-state index < -0.39 is 0 Å². The van der Waals surface area contributed by atoms with E-state index in [1.807, 2.05) is 43.3 Å². The minimum absolute atomic E-state index is 0. The second-order valence-corrected chi connectivity index (χ2v) is 4.78. The molecule has 0 radical (unpaired) electrons. The second-order valence-electron chi connectivity index (χ2n) is 4.78. The molecule has 2 rings (SSSR count). The maximum atomic E-state index is 11.8. The van der Waals surface area contributed by atoms with Crippen LogP contribution in [0.15, 0.2) is 53.7 Å². The van der Waals surface area contributed by atoms with Gasteiger partial charge in [-0.2, -0.15) is 0 Å². The fraction of sp³-hybridized carbons (Fsp3) is 0.188. The molecule has 2 aromatic rings. The van der Waals surface area contributed by atoms with Crippen LogP contribution in [0.5, 0.6) is 0 Å². The number of aryl methyl sites for hydroxylation is 1. The number of carbonyl (C=O) groups excluding carboxylic acids is 1. The number of rotatable bonds is 5. The van der Waals surface area contributed by atoms with Crippen LogP contribution >= 0.6 is 24.0 Å². The monoisotopic (exact) mass is 425 g/mol. The van der Waals surface area contributed by atoms with Crippen molar-refractivity contribution in [1.82, 2.24) is 4.98 Å². The second kappa shape index (κ2) is 9.78. The number of hydrogen-bond donors (Lipinski definition) is 3. The third kappa shape index (κ3) is 7.09. The molecule has 0 unspecified atom stereocenters. The molecule has 4 N–H and O–H groups in total. The average molecular weight is 425 g/mol. The van der Waals surface area contributed by atoms with E-state index in [1.54, 1.807) is 12.3 Å². The molecule has 1 aromatic heterocycles. The van der Waals surface area contributed by atoms with E-state index in [9.17, 15) is 4.79 Å². The molecule has 0 saturated carbocycles. The first-order chi connectivity index (χ1) is 10.6. The summed E-state index contributed by atoms with van der Waals surface area (Å²) in [6, 6.07) is 13.2. The summed E-state index contributed by atoms with van der Waals surface area (Å²) in [6.07, 6.45) is 1.95. The summed E-state index contributed by atoms with van der Waals surface area (Å²) in [7, 11) is 0. The Morgan fingerprint density at radius 1 is 1.17 bits per heavy atom. The fourth-order valence-corrected chi connectivity index (χ4v) is 1.73. The standard InChI is InChI=1S/C16H19N5O.HI/c1-12-7-8-14(19-11-12)21-15(22)9-10-18-16(17)20-13-5-3-2-4-6-13;/h2-8,11H,9-10H2,1H3,(H3,17,18,20)(H,19,21,22);1H. The van der Waals surface area contributed by atoms with Crippen LogP contribution in [-0.4, -0.2) is 23.4 Å². The van der Waals surface area contributed by atoms with Gasteiger partial charge in [0.1, 0.15) is 5.82 Å². The number of nitrogens with one attached hydrogen (secondary N) is 2. The number of nitrogens with two attached hydrogens (primary N) is 1. The largest absolute Gasteiger partial charge is 0.370 e. The van der Waals surface area contributed by atoms with Crippen molar-refractivity contribution in [3.63, 3.8) is 0 Å². The van der Waals surface area contributed by atoms with Gasteiger partial charge in [-0.15, -0.1) is 24.0 Å². The van der Waals surface area contributed by atoms with Gasteiger partial charge in [-0.3, -0.25) is 9.79 Å². The molecule has 1 heterocycles. The first kappa shape index (κ1) is 18.9. The minimum atomic E-state index is -0.146. The summed E-state index contributed by atoms with van der Waals surface area (Å²) in [5.41, 5.74) is 7.66. The molecule has 0 fully saturated rings. The molecule has 23 heavy (non-hydrogen) atoms. The Balaban J connectivity index is 0.00000264. The van der Waals surface area contributed by atoms with Crippen molar-refractivity contribution in [3.05, 3.63) is 54.2 Å². The molecule has 0 atom stereocenters. The maximum Gasteiger partial charge on any atom is 0.227 e. The Labute approximate surface area is 152 Å². The Morgan fingerprint density at radius 3 is 2.57 bits per heavy atom. The zero-order valence-corrected chi connectivity index (χ0v) is 15.2. The number of hydrogen-bond acceptors (Lipinski definition) is 3. The lowest BCUT2D eigenvalue weighted by atomic mass is 10.3. The number of halogens is 1. The number of aromatic nitrogens is 1. The molecule has 0 saturated heterocycles. The van der Waals surface area contributed by atoms with Crippen molar-refractivity contribution >= 4 is 47.3 Å². The first-order valence-corrected chi connectivity index (χ1v) is 6.98. The van der Waals surface area contributed by atoms with E-state index in [0.717, 1.165) is 11.3 Å². The van der Waals surface area contributed by atoms with Crippen LogP contribution in [0.3, 0.4) is 0 Å². The summed E-state index contributed by atoms with van der Waals surface area (Å²) in [6.45, 7) is 2.25. The number of amides is 1. The summed E-state index contributed by atoms with van der Waals surface area (Å²) in [4.78, 5) is 20.0. The first-order valence-electron chi connectivity index (χ1n) is 6.98. The van der Waals surface area contributed by atoms with E-state index in [1.165, 1.54) is 0 Å². The van der Waals surface area contributed by atoms with Crippen molar-refractivity contribution in [2.75, 3.05) is 17.2 Å². The molecule has 0 aliphatic carbocycles. The molecule has 122 valence electrons. The third-order valence-electron chi connectivity index (χ3n) is 2.85. The van der Waals surface area contributed by atoms with Crippen LogP contribution < -0.4 is 16.4 Å². The maximum absolute atomic E-state index is 11.8. The summed E-state index contributed by atoms with van der Waals surface area (Å²) < 4.78 is 0. The van der Waals surface area contributed by atoms with Gasteiger partial charge in [-0.05, 0) is 30.7 Å². The fourth-order valence-electron chi connectivity index (χ4n) is 1.73. The molecule has 7 heteroatoms. The van der Waals surface area contributed by atoms with Gasteiger partial charge in [-0.1, -0.05) is 24.3 Å². The molecule has 1 aromatic carbocycles. The van der Waals surface area contributed by atoms with Gasteiger partial charge in [0, 0.05) is 18.3 Å². The topological polar surface area (TPSA) is 92.4 Å². The number of guanidine groups is 1.